The third kappa shape index (κ3) is 4.51. The zero-order chi connectivity index (χ0) is 24.6. The summed E-state index contributed by atoms with van der Waals surface area (Å²) in [6.07, 6.45) is 3.00. The lowest BCUT2D eigenvalue weighted by molar-refractivity contribution is -0.143. The van der Waals surface area contributed by atoms with E-state index in [0.29, 0.717) is 19.3 Å². The van der Waals surface area contributed by atoms with Gasteiger partial charge in [0.25, 0.3) is 0 Å². The molecule has 184 valence electrons. The number of hydrogen-bond donors (Lipinski definition) is 3. The Bertz CT molecular complexity index is 1100. The number of benzene rings is 2. The number of ether oxygens (including phenoxy) is 1. The van der Waals surface area contributed by atoms with Crippen LogP contribution in [-0.4, -0.2) is 41.8 Å². The molecule has 3 N–H and O–H groups in total. The van der Waals surface area contributed by atoms with E-state index in [1.807, 2.05) is 31.2 Å². The predicted octanol–water partition coefficient (Wildman–Crippen LogP) is 4.45. The van der Waals surface area contributed by atoms with Crippen molar-refractivity contribution in [2.45, 2.75) is 63.5 Å². The van der Waals surface area contributed by atoms with Crippen molar-refractivity contribution < 1.29 is 24.2 Å². The molecule has 7 nitrogen and oxygen atoms in total. The lowest BCUT2D eigenvalue weighted by atomic mass is 9.98. The van der Waals surface area contributed by atoms with Gasteiger partial charge in [-0.15, -0.1) is 0 Å². The molecule has 2 aromatic rings. The second-order valence-electron chi connectivity index (χ2n) is 10.2. The number of fused-ring (bicyclic) bond motifs is 4. The van der Waals surface area contributed by atoms with Crippen LogP contribution in [-0.2, 0) is 14.3 Å². The maximum absolute atomic E-state index is 12.6. The van der Waals surface area contributed by atoms with Crippen LogP contribution in [0.3, 0.4) is 0 Å². The first kappa shape index (κ1) is 23.4. The fraction of sp³-hybridized carbons (Fsp3) is 0.464. The lowest BCUT2D eigenvalue weighted by Gasteiger charge is -2.20. The van der Waals surface area contributed by atoms with Gasteiger partial charge in [-0.1, -0.05) is 55.5 Å². The van der Waals surface area contributed by atoms with Gasteiger partial charge in [-0.3, -0.25) is 9.59 Å². The zero-order valence-electron chi connectivity index (χ0n) is 20.0. The quantitative estimate of drug-likeness (QED) is 0.496. The van der Waals surface area contributed by atoms with Crippen LogP contribution in [0.15, 0.2) is 48.5 Å². The Morgan fingerprint density at radius 3 is 2.31 bits per heavy atom. The van der Waals surface area contributed by atoms with Gasteiger partial charge in [-0.25, -0.2) is 4.79 Å². The molecule has 3 aliphatic carbocycles. The van der Waals surface area contributed by atoms with Crippen molar-refractivity contribution >= 4 is 18.0 Å². The molecule has 0 spiro atoms. The summed E-state index contributed by atoms with van der Waals surface area (Å²) in [5.41, 5.74) is 4.10. The first-order valence-electron chi connectivity index (χ1n) is 12.6. The summed E-state index contributed by atoms with van der Waals surface area (Å²) >= 11 is 0. The van der Waals surface area contributed by atoms with Gasteiger partial charge < -0.3 is 20.5 Å². The molecular weight excluding hydrogens is 444 g/mol. The molecule has 5 rings (SSSR count). The van der Waals surface area contributed by atoms with Gasteiger partial charge >= 0.3 is 12.1 Å². The molecular formula is C28H32N2O5. The van der Waals surface area contributed by atoms with E-state index in [0.717, 1.165) is 12.8 Å². The van der Waals surface area contributed by atoms with Crippen molar-refractivity contribution in [3.05, 3.63) is 59.7 Å². The van der Waals surface area contributed by atoms with Gasteiger partial charge in [0.15, 0.2) is 0 Å². The molecule has 0 radical (unpaired) electrons. The van der Waals surface area contributed by atoms with E-state index in [-0.39, 0.29) is 42.9 Å². The Morgan fingerprint density at radius 1 is 1.06 bits per heavy atom. The van der Waals surface area contributed by atoms with Gasteiger partial charge in [0, 0.05) is 24.4 Å². The summed E-state index contributed by atoms with van der Waals surface area (Å²) in [7, 11) is 0. The largest absolute Gasteiger partial charge is 0.481 e. The molecule has 1 unspecified atom stereocenters. The molecule has 0 heterocycles. The Morgan fingerprint density at radius 2 is 1.71 bits per heavy atom. The molecule has 35 heavy (non-hydrogen) atoms. The molecule has 7 heteroatoms. The van der Waals surface area contributed by atoms with Crippen molar-refractivity contribution in [2.75, 3.05) is 6.61 Å². The van der Waals surface area contributed by atoms with Gasteiger partial charge in [-0.05, 0) is 60.3 Å². The summed E-state index contributed by atoms with van der Waals surface area (Å²) in [6, 6.07) is 16.2. The first-order valence-corrected chi connectivity index (χ1v) is 12.6. The van der Waals surface area contributed by atoms with Crippen LogP contribution in [0.5, 0.6) is 0 Å². The number of aliphatic carboxylic acids is 1. The summed E-state index contributed by atoms with van der Waals surface area (Å²) in [6.45, 7) is 2.22. The SMILES string of the molecule is CCC(CCC(=O)N[C@@H]1C[C@H]2C[C@@]2(C(=O)O)C1)NC(=O)OCC1c2ccccc2-c2ccccc21. The summed E-state index contributed by atoms with van der Waals surface area (Å²) in [5, 5.41) is 15.3. The van der Waals surface area contributed by atoms with E-state index >= 15 is 0 Å². The number of hydrogen-bond acceptors (Lipinski definition) is 4. The van der Waals surface area contributed by atoms with Crippen LogP contribution >= 0.6 is 0 Å². The molecule has 0 saturated heterocycles. The second-order valence-corrected chi connectivity index (χ2v) is 10.2. The highest BCUT2D eigenvalue weighted by Gasteiger charge is 2.65. The third-order valence-electron chi connectivity index (χ3n) is 8.08. The van der Waals surface area contributed by atoms with Crippen molar-refractivity contribution in [3.8, 4) is 11.1 Å². The van der Waals surface area contributed by atoms with Crippen LogP contribution < -0.4 is 10.6 Å². The van der Waals surface area contributed by atoms with Crippen molar-refractivity contribution in [3.63, 3.8) is 0 Å². The topological polar surface area (TPSA) is 105 Å². The molecule has 4 atom stereocenters. The number of carbonyl (C=O) groups excluding carboxylic acids is 2. The van der Waals surface area contributed by atoms with Crippen LogP contribution in [0.25, 0.3) is 11.1 Å². The average Bonchev–Trinajstić information content (AvgIpc) is 3.29. The number of nitrogens with one attached hydrogen (secondary N) is 2. The maximum atomic E-state index is 12.6. The number of carboxylic acid groups (broad SMARTS) is 1. The molecule has 2 amide bonds. The zero-order valence-corrected chi connectivity index (χ0v) is 20.0. The second kappa shape index (κ2) is 9.36. The molecule has 0 bridgehead atoms. The number of amides is 2. The smallest absolute Gasteiger partial charge is 0.407 e. The minimum absolute atomic E-state index is 0.00530. The highest BCUT2D eigenvalue weighted by Crippen LogP contribution is 2.63. The monoisotopic (exact) mass is 476 g/mol. The molecule has 2 aromatic carbocycles. The lowest BCUT2D eigenvalue weighted by Crippen LogP contribution is -2.38. The summed E-state index contributed by atoms with van der Waals surface area (Å²) in [5.74, 6) is -0.628. The predicted molar refractivity (Wildman–Crippen MR) is 131 cm³/mol. The van der Waals surface area contributed by atoms with E-state index in [4.69, 9.17) is 4.74 Å². The molecule has 0 aromatic heterocycles. The third-order valence-corrected chi connectivity index (χ3v) is 8.08. The number of carbonyl (C=O) groups is 3. The molecule has 2 saturated carbocycles. The first-order chi connectivity index (χ1) is 16.9. The van der Waals surface area contributed by atoms with Gasteiger partial charge in [0.1, 0.15) is 6.61 Å². The van der Waals surface area contributed by atoms with E-state index in [9.17, 15) is 19.5 Å². The molecule has 0 aliphatic heterocycles. The minimum atomic E-state index is -0.738. The van der Waals surface area contributed by atoms with Gasteiger partial charge in [-0.2, -0.15) is 0 Å². The van der Waals surface area contributed by atoms with Crippen LogP contribution in [0, 0.1) is 11.3 Å². The van der Waals surface area contributed by atoms with Crippen molar-refractivity contribution in [2.24, 2.45) is 11.3 Å². The van der Waals surface area contributed by atoms with E-state index in [1.54, 1.807) is 0 Å². The fourth-order valence-electron chi connectivity index (χ4n) is 6.06. The normalized spacial score (nSPS) is 24.6. The Kier molecular flexibility index (Phi) is 6.26. The van der Waals surface area contributed by atoms with E-state index in [1.165, 1.54) is 22.3 Å². The van der Waals surface area contributed by atoms with E-state index in [2.05, 4.69) is 34.9 Å². The molecule has 3 aliphatic rings. The number of rotatable bonds is 9. The maximum Gasteiger partial charge on any atom is 0.407 e. The van der Waals surface area contributed by atoms with Crippen LogP contribution in [0.1, 0.15) is 62.5 Å². The highest BCUT2D eigenvalue weighted by molar-refractivity contribution is 5.81. The Hall–Kier alpha value is -3.35. The Labute approximate surface area is 205 Å². The van der Waals surface area contributed by atoms with Crippen molar-refractivity contribution in [1.29, 1.82) is 0 Å². The van der Waals surface area contributed by atoms with Crippen LogP contribution in [0.4, 0.5) is 4.79 Å². The highest BCUT2D eigenvalue weighted by atomic mass is 16.5. The van der Waals surface area contributed by atoms with Crippen LogP contribution in [0.2, 0.25) is 0 Å². The standard InChI is InChI=1S/C28H32N2O5/c1-2-18(11-12-25(31)29-19-13-17-14-28(17,15-19)26(32)33)30-27(34)35-16-24-22-9-5-3-7-20(22)21-8-4-6-10-23(21)24/h3-10,17-19,24H,2,11-16H2,1H3,(H,29,31)(H,30,34)(H,32,33)/t17-,18?,19+,28+/m0/s1. The van der Waals surface area contributed by atoms with E-state index < -0.39 is 17.5 Å². The van der Waals surface area contributed by atoms with Gasteiger partial charge in [0.2, 0.25) is 5.91 Å². The number of carboxylic acids is 1. The van der Waals surface area contributed by atoms with Gasteiger partial charge in [0.05, 0.1) is 5.41 Å². The summed E-state index contributed by atoms with van der Waals surface area (Å²) in [4.78, 5) is 36.4. The van der Waals surface area contributed by atoms with Crippen molar-refractivity contribution in [1.82, 2.24) is 10.6 Å². The Balaban J connectivity index is 1.09. The summed E-state index contributed by atoms with van der Waals surface area (Å²) < 4.78 is 5.63. The minimum Gasteiger partial charge on any atom is -0.481 e. The average molecular weight is 477 g/mol. The molecule has 2 fully saturated rings. The number of alkyl carbamates (subject to hydrolysis) is 1. The fourth-order valence-corrected chi connectivity index (χ4v) is 6.06.